The van der Waals surface area contributed by atoms with E-state index in [-0.39, 0.29) is 22.3 Å². The van der Waals surface area contributed by atoms with E-state index in [1.807, 2.05) is 13.8 Å². The van der Waals surface area contributed by atoms with Crippen LogP contribution in [0.4, 0.5) is 5.69 Å². The van der Waals surface area contributed by atoms with E-state index in [0.29, 0.717) is 16.7 Å². The summed E-state index contributed by atoms with van der Waals surface area (Å²) in [7, 11) is 0. The fourth-order valence-electron chi connectivity index (χ4n) is 2.29. The maximum atomic E-state index is 12.1. The van der Waals surface area contributed by atoms with Gasteiger partial charge in [0.1, 0.15) is 11.1 Å². The average molecular weight is 345 g/mol. The molecule has 0 fully saturated rings. The van der Waals surface area contributed by atoms with Crippen LogP contribution in [0.15, 0.2) is 32.6 Å². The molecule has 0 saturated heterocycles. The minimum atomic E-state index is -0.508. The monoisotopic (exact) mass is 345 g/mol. The Morgan fingerprint density at radius 3 is 3.04 bits per heavy atom. The third kappa shape index (κ3) is 2.73. The molecule has 0 radical (unpaired) electrons. The van der Waals surface area contributed by atoms with Crippen molar-refractivity contribution in [3.05, 3.63) is 38.9 Å². The molecule has 3 aromatic rings. The molecular weight excluding hydrogens is 330 g/mol. The van der Waals surface area contributed by atoms with Crippen molar-refractivity contribution < 1.29 is 9.74 Å². The second kappa shape index (κ2) is 6.36. The zero-order valence-corrected chi connectivity index (χ0v) is 13.9. The Labute approximate surface area is 141 Å². The first-order chi connectivity index (χ1) is 11.5. The largest absolute Gasteiger partial charge is 0.494 e. The summed E-state index contributed by atoms with van der Waals surface area (Å²) in [5, 5.41) is 18.0. The van der Waals surface area contributed by atoms with Gasteiger partial charge in [-0.15, -0.1) is 0 Å². The van der Waals surface area contributed by atoms with Crippen molar-refractivity contribution in [3.63, 3.8) is 0 Å². The van der Waals surface area contributed by atoms with E-state index in [1.165, 1.54) is 10.8 Å². The Balaban J connectivity index is 2.12. The lowest BCUT2D eigenvalue weighted by Gasteiger charge is -2.16. The van der Waals surface area contributed by atoms with E-state index < -0.39 is 5.56 Å². The summed E-state index contributed by atoms with van der Waals surface area (Å²) in [5.74, 6) is -0.215. The predicted octanol–water partition coefficient (Wildman–Crippen LogP) is 2.87. The number of aliphatic imine (C=N–C) groups is 1. The maximum Gasteiger partial charge on any atom is 0.264 e. The molecule has 0 aliphatic carbocycles. The summed E-state index contributed by atoms with van der Waals surface area (Å²) in [6, 6.07) is 5.12. The number of hydrogen-bond donors (Lipinski definition) is 2. The van der Waals surface area contributed by atoms with E-state index >= 15 is 0 Å². The molecule has 124 valence electrons. The van der Waals surface area contributed by atoms with Crippen molar-refractivity contribution in [3.8, 4) is 5.88 Å². The molecule has 2 N–H and O–H groups in total. The molecule has 1 atom stereocenters. The first-order valence-electron chi connectivity index (χ1n) is 7.36. The van der Waals surface area contributed by atoms with Crippen molar-refractivity contribution in [1.29, 1.82) is 0 Å². The summed E-state index contributed by atoms with van der Waals surface area (Å²) in [6.45, 7) is 3.86. The zero-order chi connectivity index (χ0) is 17.3. The highest BCUT2D eigenvalue weighted by molar-refractivity contribution is 7.71. The first kappa shape index (κ1) is 16.1. The third-order valence-corrected chi connectivity index (χ3v) is 4.08. The number of nitrogens with zero attached hydrogens (tertiary/aromatic N) is 4. The normalized spacial score (nSPS) is 12.9. The van der Waals surface area contributed by atoms with Crippen LogP contribution in [0.25, 0.3) is 11.0 Å². The topological polar surface area (TPSA) is 109 Å². The van der Waals surface area contributed by atoms with Gasteiger partial charge in [0.15, 0.2) is 10.3 Å². The van der Waals surface area contributed by atoms with Gasteiger partial charge in [0.05, 0.1) is 5.69 Å². The predicted molar refractivity (Wildman–Crippen MR) is 91.6 cm³/mol. The van der Waals surface area contributed by atoms with Gasteiger partial charge in [-0.05, 0) is 48.0 Å². The summed E-state index contributed by atoms with van der Waals surface area (Å²) in [5.41, 5.74) is 1.02. The molecule has 8 nitrogen and oxygen atoms in total. The van der Waals surface area contributed by atoms with Gasteiger partial charge in [-0.3, -0.25) is 19.3 Å². The number of H-pyrrole nitrogens is 1. The second-order valence-corrected chi connectivity index (χ2v) is 5.68. The smallest absolute Gasteiger partial charge is 0.264 e. The van der Waals surface area contributed by atoms with Crippen LogP contribution in [-0.2, 0) is 0 Å². The molecule has 2 heterocycles. The molecule has 0 amide bonds. The molecule has 24 heavy (non-hydrogen) atoms. The SMILES string of the molecule is CC[C@H](C)n1c(O)c(C=Nc2cccc3nonc23)c(=O)[nH]c1=S. The third-order valence-electron chi connectivity index (χ3n) is 3.78. The average Bonchev–Trinajstić information content (AvgIpc) is 3.03. The van der Waals surface area contributed by atoms with Gasteiger partial charge in [0.2, 0.25) is 5.88 Å². The van der Waals surface area contributed by atoms with E-state index in [0.717, 1.165) is 6.42 Å². The lowest BCUT2D eigenvalue weighted by molar-refractivity contribution is 0.315. The number of fused-ring (bicyclic) bond motifs is 1. The number of nitrogens with one attached hydrogen (secondary N) is 1. The molecule has 1 aromatic carbocycles. The van der Waals surface area contributed by atoms with Crippen LogP contribution in [0.2, 0.25) is 0 Å². The highest BCUT2D eigenvalue weighted by atomic mass is 32.1. The number of aromatic amines is 1. The minimum absolute atomic E-state index is 0.0253. The molecular formula is C15H15N5O3S. The molecule has 2 aromatic heterocycles. The molecule has 3 rings (SSSR count). The summed E-state index contributed by atoms with van der Waals surface area (Å²) in [4.78, 5) is 18.9. The molecule has 9 heteroatoms. The Morgan fingerprint density at radius 1 is 1.50 bits per heavy atom. The number of aromatic nitrogens is 4. The van der Waals surface area contributed by atoms with Gasteiger partial charge in [-0.25, -0.2) is 4.63 Å². The quantitative estimate of drug-likeness (QED) is 0.556. The van der Waals surface area contributed by atoms with Crippen molar-refractivity contribution in [2.45, 2.75) is 26.3 Å². The Bertz CT molecular complexity index is 1030. The highest BCUT2D eigenvalue weighted by Crippen LogP contribution is 2.24. The van der Waals surface area contributed by atoms with Gasteiger partial charge in [0.25, 0.3) is 5.56 Å². The van der Waals surface area contributed by atoms with E-state index in [1.54, 1.807) is 18.2 Å². The van der Waals surface area contributed by atoms with Crippen LogP contribution >= 0.6 is 12.2 Å². The molecule has 0 aliphatic rings. The lowest BCUT2D eigenvalue weighted by atomic mass is 10.2. The van der Waals surface area contributed by atoms with Crippen LogP contribution in [0.1, 0.15) is 31.9 Å². The fourth-order valence-corrected chi connectivity index (χ4v) is 2.65. The molecule has 0 aliphatic heterocycles. The Hall–Kier alpha value is -2.81. The lowest BCUT2D eigenvalue weighted by Crippen LogP contribution is -2.20. The van der Waals surface area contributed by atoms with Crippen LogP contribution < -0.4 is 5.56 Å². The number of benzene rings is 1. The van der Waals surface area contributed by atoms with Gasteiger partial charge in [-0.2, -0.15) is 0 Å². The Morgan fingerprint density at radius 2 is 2.29 bits per heavy atom. The van der Waals surface area contributed by atoms with Gasteiger partial charge in [-0.1, -0.05) is 13.0 Å². The highest BCUT2D eigenvalue weighted by Gasteiger charge is 2.15. The van der Waals surface area contributed by atoms with Crippen LogP contribution in [0, 0.1) is 4.77 Å². The van der Waals surface area contributed by atoms with E-state index in [4.69, 9.17) is 12.2 Å². The van der Waals surface area contributed by atoms with Crippen molar-refractivity contribution in [2.24, 2.45) is 4.99 Å². The summed E-state index contributed by atoms with van der Waals surface area (Å²) < 4.78 is 6.35. The molecule has 0 bridgehead atoms. The van der Waals surface area contributed by atoms with Crippen LogP contribution in [0.3, 0.4) is 0 Å². The van der Waals surface area contributed by atoms with Crippen LogP contribution in [0.5, 0.6) is 5.88 Å². The molecule has 0 spiro atoms. The van der Waals surface area contributed by atoms with E-state index in [9.17, 15) is 9.90 Å². The Kier molecular flexibility index (Phi) is 4.26. The first-order valence-corrected chi connectivity index (χ1v) is 7.77. The number of hydrogen-bond acceptors (Lipinski definition) is 7. The zero-order valence-electron chi connectivity index (χ0n) is 13.1. The number of rotatable bonds is 4. The second-order valence-electron chi connectivity index (χ2n) is 5.29. The van der Waals surface area contributed by atoms with Gasteiger partial charge < -0.3 is 5.11 Å². The summed E-state index contributed by atoms with van der Waals surface area (Å²) in [6.07, 6.45) is 2.03. The standard InChI is InChI=1S/C15H15N5O3S/c1-3-8(2)20-14(22)9(13(21)17-15(20)24)7-16-10-5-4-6-11-12(10)19-23-18-11/h4-8,22H,3H2,1-2H3,(H,17,21,24)/t8-/m0/s1. The summed E-state index contributed by atoms with van der Waals surface area (Å²) >= 11 is 5.13. The molecule has 0 unspecified atom stereocenters. The van der Waals surface area contributed by atoms with Crippen molar-refractivity contribution in [2.75, 3.05) is 0 Å². The van der Waals surface area contributed by atoms with Crippen LogP contribution in [-0.4, -0.2) is 31.2 Å². The van der Waals surface area contributed by atoms with Crippen molar-refractivity contribution in [1.82, 2.24) is 19.9 Å². The number of aromatic hydroxyl groups is 1. The van der Waals surface area contributed by atoms with Crippen molar-refractivity contribution >= 4 is 35.2 Å². The van der Waals surface area contributed by atoms with Gasteiger partial charge in [0, 0.05) is 12.3 Å². The molecule has 0 saturated carbocycles. The van der Waals surface area contributed by atoms with Gasteiger partial charge >= 0.3 is 0 Å². The van der Waals surface area contributed by atoms with E-state index in [2.05, 4.69) is 24.9 Å². The fraction of sp³-hybridized carbons (Fsp3) is 0.267. The maximum absolute atomic E-state index is 12.1. The minimum Gasteiger partial charge on any atom is -0.494 e.